The second-order valence-electron chi connectivity index (χ2n) is 8.20. The van der Waals surface area contributed by atoms with Crippen LogP contribution >= 0.6 is 23.4 Å². The first-order chi connectivity index (χ1) is 14.7. The van der Waals surface area contributed by atoms with Crippen molar-refractivity contribution in [2.75, 3.05) is 5.32 Å². The lowest BCUT2D eigenvalue weighted by Crippen LogP contribution is -2.18. The van der Waals surface area contributed by atoms with E-state index in [1.165, 1.54) is 0 Å². The predicted octanol–water partition coefficient (Wildman–Crippen LogP) is 7.73. The molecule has 1 aliphatic rings. The van der Waals surface area contributed by atoms with Gasteiger partial charge in [-0.1, -0.05) is 31.5 Å². The van der Waals surface area contributed by atoms with Gasteiger partial charge in [-0.15, -0.1) is 18.3 Å². The van der Waals surface area contributed by atoms with E-state index in [0.29, 0.717) is 33.6 Å². The highest BCUT2D eigenvalue weighted by molar-refractivity contribution is 8.00. The van der Waals surface area contributed by atoms with E-state index in [1.807, 2.05) is 6.08 Å². The van der Waals surface area contributed by atoms with E-state index in [9.17, 15) is 18.0 Å². The first-order valence-electron chi connectivity index (χ1n) is 10.2. The molecule has 31 heavy (non-hydrogen) atoms. The average molecular weight is 468 g/mol. The van der Waals surface area contributed by atoms with Crippen LogP contribution in [-0.4, -0.2) is 11.2 Å². The Balaban J connectivity index is 1.78. The van der Waals surface area contributed by atoms with E-state index >= 15 is 0 Å². The van der Waals surface area contributed by atoms with Crippen LogP contribution in [0.2, 0.25) is 5.02 Å². The lowest BCUT2D eigenvalue weighted by atomic mass is 9.93. The van der Waals surface area contributed by atoms with Gasteiger partial charge in [0.15, 0.2) is 17.5 Å². The molecule has 0 aliphatic heterocycles. The van der Waals surface area contributed by atoms with Crippen LogP contribution < -0.4 is 5.32 Å². The van der Waals surface area contributed by atoms with Crippen molar-refractivity contribution in [2.24, 2.45) is 17.8 Å². The molecule has 1 saturated carbocycles. The van der Waals surface area contributed by atoms with Gasteiger partial charge in [-0.05, 0) is 55.2 Å². The largest absolute Gasteiger partial charge is 0.322 e. The SMILES string of the molecule is C=CC(C)CC1CCC(C)C1Sc1cc(C(=O)Nc2cc(F)c(F)c(F)c2)ccc1Cl. The van der Waals surface area contributed by atoms with Gasteiger partial charge in [0, 0.05) is 33.5 Å². The Hall–Kier alpha value is -1.92. The molecule has 0 radical (unpaired) electrons. The minimum absolute atomic E-state index is 0.159. The molecule has 2 nitrogen and oxygen atoms in total. The number of benzene rings is 2. The molecule has 4 unspecified atom stereocenters. The molecule has 0 spiro atoms. The van der Waals surface area contributed by atoms with Gasteiger partial charge in [-0.3, -0.25) is 4.79 Å². The van der Waals surface area contributed by atoms with E-state index in [0.717, 1.165) is 36.3 Å². The summed E-state index contributed by atoms with van der Waals surface area (Å²) in [6, 6.07) is 6.37. The number of nitrogens with one attached hydrogen (secondary N) is 1. The first kappa shape index (κ1) is 23.7. The summed E-state index contributed by atoms with van der Waals surface area (Å²) in [6.45, 7) is 8.28. The zero-order chi connectivity index (χ0) is 22.7. The Morgan fingerprint density at radius 2 is 1.94 bits per heavy atom. The number of hydrogen-bond donors (Lipinski definition) is 1. The average Bonchev–Trinajstić information content (AvgIpc) is 3.06. The maximum Gasteiger partial charge on any atom is 0.255 e. The molecule has 1 N–H and O–H groups in total. The van der Waals surface area contributed by atoms with Crippen molar-refractivity contribution >= 4 is 35.0 Å². The van der Waals surface area contributed by atoms with E-state index < -0.39 is 23.4 Å². The molecule has 2 aromatic rings. The van der Waals surface area contributed by atoms with Crippen molar-refractivity contribution in [3.63, 3.8) is 0 Å². The zero-order valence-electron chi connectivity index (χ0n) is 17.4. The van der Waals surface area contributed by atoms with Crippen LogP contribution in [0, 0.1) is 35.2 Å². The molecule has 1 fully saturated rings. The first-order valence-corrected chi connectivity index (χ1v) is 11.5. The summed E-state index contributed by atoms with van der Waals surface area (Å²) < 4.78 is 40.0. The number of carbonyl (C=O) groups excluding carboxylic acids is 1. The second kappa shape index (κ2) is 10.1. The van der Waals surface area contributed by atoms with Crippen LogP contribution in [0.15, 0.2) is 47.9 Å². The Labute approximate surface area is 190 Å². The van der Waals surface area contributed by atoms with Crippen molar-refractivity contribution < 1.29 is 18.0 Å². The molecule has 1 aliphatic carbocycles. The van der Waals surface area contributed by atoms with Gasteiger partial charge < -0.3 is 5.32 Å². The minimum Gasteiger partial charge on any atom is -0.322 e. The van der Waals surface area contributed by atoms with Crippen LogP contribution in [0.4, 0.5) is 18.9 Å². The molecule has 7 heteroatoms. The van der Waals surface area contributed by atoms with Crippen molar-refractivity contribution in [3.8, 4) is 0 Å². The Bertz CT molecular complexity index is 960. The summed E-state index contributed by atoms with van der Waals surface area (Å²) in [7, 11) is 0. The number of allylic oxidation sites excluding steroid dienone is 1. The summed E-state index contributed by atoms with van der Waals surface area (Å²) in [5.41, 5.74) is 0.146. The molecule has 166 valence electrons. The fraction of sp³-hybridized carbons (Fsp3) is 0.375. The molecular weight excluding hydrogens is 443 g/mol. The molecule has 1 amide bonds. The normalized spacial score (nSPS) is 21.7. The Morgan fingerprint density at radius 1 is 1.26 bits per heavy atom. The fourth-order valence-electron chi connectivity index (χ4n) is 4.02. The summed E-state index contributed by atoms with van der Waals surface area (Å²) in [6.07, 6.45) is 5.33. The lowest BCUT2D eigenvalue weighted by molar-refractivity contribution is 0.102. The van der Waals surface area contributed by atoms with E-state index in [-0.39, 0.29) is 5.69 Å². The van der Waals surface area contributed by atoms with Crippen molar-refractivity contribution in [1.82, 2.24) is 0 Å². The highest BCUT2D eigenvalue weighted by atomic mass is 35.5. The zero-order valence-corrected chi connectivity index (χ0v) is 19.0. The smallest absolute Gasteiger partial charge is 0.255 e. The number of thioether (sulfide) groups is 1. The number of anilines is 1. The molecule has 0 bridgehead atoms. The number of rotatable bonds is 7. The Morgan fingerprint density at radius 3 is 2.58 bits per heavy atom. The van der Waals surface area contributed by atoms with Gasteiger partial charge >= 0.3 is 0 Å². The summed E-state index contributed by atoms with van der Waals surface area (Å²) in [5.74, 6) is -3.37. The van der Waals surface area contributed by atoms with Crippen molar-refractivity contribution in [1.29, 1.82) is 0 Å². The van der Waals surface area contributed by atoms with Gasteiger partial charge in [0.05, 0.1) is 5.02 Å². The molecule has 0 saturated heterocycles. The third-order valence-corrected chi connectivity index (χ3v) is 7.95. The summed E-state index contributed by atoms with van der Waals surface area (Å²) >= 11 is 8.09. The lowest BCUT2D eigenvalue weighted by Gasteiger charge is -2.24. The van der Waals surface area contributed by atoms with Crippen LogP contribution in [0.1, 0.15) is 43.5 Å². The van der Waals surface area contributed by atoms with Crippen molar-refractivity contribution in [3.05, 3.63) is 71.0 Å². The molecule has 4 atom stereocenters. The molecule has 2 aromatic carbocycles. The standard InChI is InChI=1S/C24H25ClF3NOS/c1-4-13(2)9-15-6-5-14(3)23(15)31-21-10-16(7-8-18(21)25)24(30)29-17-11-19(26)22(28)20(27)12-17/h4,7-8,10-15,23H,1,5-6,9H2,2-3H3,(H,29,30). The number of hydrogen-bond acceptors (Lipinski definition) is 2. The summed E-state index contributed by atoms with van der Waals surface area (Å²) in [5, 5.41) is 3.33. The van der Waals surface area contributed by atoms with Gasteiger partial charge in [-0.2, -0.15) is 0 Å². The molecule has 0 heterocycles. The highest BCUT2D eigenvalue weighted by Crippen LogP contribution is 2.46. The quantitative estimate of drug-likeness (QED) is 0.333. The van der Waals surface area contributed by atoms with Gasteiger partial charge in [0.2, 0.25) is 0 Å². The number of amides is 1. The molecule has 0 aromatic heterocycles. The van der Waals surface area contributed by atoms with Crippen LogP contribution in [0.25, 0.3) is 0 Å². The second-order valence-corrected chi connectivity index (χ2v) is 9.83. The van der Waals surface area contributed by atoms with Gasteiger partial charge in [0.1, 0.15) is 0 Å². The third kappa shape index (κ3) is 5.66. The van der Waals surface area contributed by atoms with E-state index in [2.05, 4.69) is 25.7 Å². The van der Waals surface area contributed by atoms with Crippen molar-refractivity contribution in [2.45, 2.75) is 43.3 Å². The Kier molecular flexibility index (Phi) is 7.76. The minimum atomic E-state index is -1.57. The van der Waals surface area contributed by atoms with Crippen LogP contribution in [0.3, 0.4) is 0 Å². The van der Waals surface area contributed by atoms with Gasteiger partial charge in [-0.25, -0.2) is 13.2 Å². The monoisotopic (exact) mass is 467 g/mol. The predicted molar refractivity (Wildman–Crippen MR) is 121 cm³/mol. The van der Waals surface area contributed by atoms with E-state index in [1.54, 1.807) is 30.0 Å². The van der Waals surface area contributed by atoms with E-state index in [4.69, 9.17) is 11.6 Å². The third-order valence-electron chi connectivity index (χ3n) is 5.79. The van der Waals surface area contributed by atoms with Gasteiger partial charge in [0.25, 0.3) is 5.91 Å². The highest BCUT2D eigenvalue weighted by Gasteiger charge is 2.35. The number of carbonyl (C=O) groups is 1. The maximum absolute atomic E-state index is 13.4. The maximum atomic E-state index is 13.4. The molecule has 3 rings (SSSR count). The van der Waals surface area contributed by atoms with Crippen LogP contribution in [-0.2, 0) is 0 Å². The summed E-state index contributed by atoms with van der Waals surface area (Å²) in [4.78, 5) is 13.4. The topological polar surface area (TPSA) is 29.1 Å². The fourth-order valence-corrected chi connectivity index (χ4v) is 5.75. The van der Waals surface area contributed by atoms with Crippen LogP contribution in [0.5, 0.6) is 0 Å². The number of halogens is 4. The molecular formula is C24H25ClF3NOS.